The van der Waals surface area contributed by atoms with Gasteiger partial charge in [0.15, 0.2) is 6.04 Å². The number of carbonyl (C=O) groups excluding carboxylic acids is 2. The number of rotatable bonds is 4. The fraction of sp³-hybridized carbons (Fsp3) is 0.867. The first-order chi connectivity index (χ1) is 9.28. The molecule has 0 heterocycles. The van der Waals surface area contributed by atoms with Crippen molar-refractivity contribution in [3.8, 4) is 0 Å². The highest BCUT2D eigenvalue weighted by Crippen LogP contribution is 2.19. The molecular weight excluding hydrogens is 274 g/mol. The summed E-state index contributed by atoms with van der Waals surface area (Å²) in [5.41, 5.74) is -1.08. The summed E-state index contributed by atoms with van der Waals surface area (Å²) in [6.45, 7) is 12.7. The quantitative estimate of drug-likeness (QED) is 0.747. The molecule has 0 aliphatic heterocycles. The standard InChI is InChI=1S/C15H29NO5/c1-10(20-14(2,3)4)11(12(17)19-9)16(8)13(18)21-15(5,6)7/h10-11H,1-9H3/t10-,11+/m1/s1. The maximum absolute atomic E-state index is 12.1. The van der Waals surface area contributed by atoms with Crippen LogP contribution in [0, 0.1) is 0 Å². The first-order valence-electron chi connectivity index (χ1n) is 7.00. The van der Waals surface area contributed by atoms with Gasteiger partial charge in [0.2, 0.25) is 0 Å². The van der Waals surface area contributed by atoms with Gasteiger partial charge in [0.05, 0.1) is 18.8 Å². The van der Waals surface area contributed by atoms with E-state index >= 15 is 0 Å². The Bertz CT molecular complexity index is 367. The van der Waals surface area contributed by atoms with E-state index in [1.54, 1.807) is 27.7 Å². The lowest BCUT2D eigenvalue weighted by Crippen LogP contribution is -2.52. The van der Waals surface area contributed by atoms with Crippen molar-refractivity contribution in [3.63, 3.8) is 0 Å². The van der Waals surface area contributed by atoms with E-state index in [9.17, 15) is 9.59 Å². The molecule has 0 spiro atoms. The molecule has 0 saturated carbocycles. The van der Waals surface area contributed by atoms with Crippen molar-refractivity contribution in [2.75, 3.05) is 14.2 Å². The van der Waals surface area contributed by atoms with Crippen molar-refractivity contribution in [2.24, 2.45) is 0 Å². The second kappa shape index (κ2) is 7.11. The van der Waals surface area contributed by atoms with Crippen molar-refractivity contribution >= 4 is 12.1 Å². The number of nitrogens with zero attached hydrogens (tertiary/aromatic N) is 1. The molecule has 0 rings (SSSR count). The summed E-state index contributed by atoms with van der Waals surface area (Å²) < 4.78 is 15.8. The molecule has 0 saturated heterocycles. The maximum Gasteiger partial charge on any atom is 0.410 e. The summed E-state index contributed by atoms with van der Waals surface area (Å²) in [7, 11) is 2.78. The zero-order valence-corrected chi connectivity index (χ0v) is 14.6. The molecule has 2 atom stereocenters. The first kappa shape index (κ1) is 19.7. The van der Waals surface area contributed by atoms with Crippen molar-refractivity contribution in [2.45, 2.75) is 71.8 Å². The van der Waals surface area contributed by atoms with Gasteiger partial charge in [-0.15, -0.1) is 0 Å². The van der Waals surface area contributed by atoms with Crippen LogP contribution in [0.1, 0.15) is 48.5 Å². The Kier molecular flexibility index (Phi) is 6.67. The zero-order chi connectivity index (χ0) is 17.0. The van der Waals surface area contributed by atoms with Gasteiger partial charge in [-0.2, -0.15) is 0 Å². The molecule has 0 fully saturated rings. The predicted octanol–water partition coefficient (Wildman–Crippen LogP) is 2.60. The number of esters is 1. The lowest BCUT2D eigenvalue weighted by Gasteiger charge is -2.35. The van der Waals surface area contributed by atoms with Crippen LogP contribution in [0.3, 0.4) is 0 Å². The molecule has 0 aliphatic rings. The van der Waals surface area contributed by atoms with Crippen LogP contribution in [0.4, 0.5) is 4.79 Å². The van der Waals surface area contributed by atoms with E-state index in [0.29, 0.717) is 0 Å². The molecule has 0 N–H and O–H groups in total. The predicted molar refractivity (Wildman–Crippen MR) is 80.1 cm³/mol. The number of hydrogen-bond acceptors (Lipinski definition) is 5. The largest absolute Gasteiger partial charge is 0.467 e. The molecule has 0 aliphatic carbocycles. The van der Waals surface area contributed by atoms with Crippen molar-refractivity contribution in [3.05, 3.63) is 0 Å². The van der Waals surface area contributed by atoms with E-state index in [2.05, 4.69) is 0 Å². The summed E-state index contributed by atoms with van der Waals surface area (Å²) in [6, 6.07) is -0.871. The number of methoxy groups -OCH3 is 1. The van der Waals surface area contributed by atoms with Crippen LogP contribution in [0.15, 0.2) is 0 Å². The molecule has 6 nitrogen and oxygen atoms in total. The highest BCUT2D eigenvalue weighted by Gasteiger charge is 2.37. The topological polar surface area (TPSA) is 65.1 Å². The van der Waals surface area contributed by atoms with Gasteiger partial charge in [-0.1, -0.05) is 0 Å². The highest BCUT2D eigenvalue weighted by atomic mass is 16.6. The van der Waals surface area contributed by atoms with E-state index in [4.69, 9.17) is 14.2 Å². The number of likely N-dealkylation sites (N-methyl/N-ethyl adjacent to an activating group) is 1. The number of ether oxygens (including phenoxy) is 3. The van der Waals surface area contributed by atoms with Crippen LogP contribution in [-0.4, -0.2) is 54.5 Å². The lowest BCUT2D eigenvalue weighted by atomic mass is 10.1. The van der Waals surface area contributed by atoms with Gasteiger partial charge in [0, 0.05) is 7.05 Å². The van der Waals surface area contributed by atoms with Gasteiger partial charge in [0.1, 0.15) is 5.60 Å². The van der Waals surface area contributed by atoms with Gasteiger partial charge in [0.25, 0.3) is 0 Å². The molecule has 0 bridgehead atoms. The normalized spacial score (nSPS) is 15.1. The van der Waals surface area contributed by atoms with E-state index < -0.39 is 35.4 Å². The van der Waals surface area contributed by atoms with Crippen molar-refractivity contribution < 1.29 is 23.8 Å². The number of hydrogen-bond donors (Lipinski definition) is 0. The molecule has 0 aromatic carbocycles. The molecular formula is C15H29NO5. The number of amides is 1. The Hall–Kier alpha value is -1.30. The Balaban J connectivity index is 5.15. The van der Waals surface area contributed by atoms with Crippen molar-refractivity contribution in [1.29, 1.82) is 0 Å². The minimum atomic E-state index is -0.871. The SMILES string of the molecule is COC(=O)[C@H]([C@@H](C)OC(C)(C)C)N(C)C(=O)OC(C)(C)C. The number of carbonyl (C=O) groups is 2. The minimum Gasteiger partial charge on any atom is -0.467 e. The van der Waals surface area contributed by atoms with Crippen LogP contribution >= 0.6 is 0 Å². The van der Waals surface area contributed by atoms with Crippen LogP contribution in [0.25, 0.3) is 0 Å². The van der Waals surface area contributed by atoms with E-state index in [0.717, 1.165) is 0 Å². The monoisotopic (exact) mass is 303 g/mol. The smallest absolute Gasteiger partial charge is 0.410 e. The first-order valence-corrected chi connectivity index (χ1v) is 7.00. The molecule has 21 heavy (non-hydrogen) atoms. The third-order valence-electron chi connectivity index (χ3n) is 2.53. The average molecular weight is 303 g/mol. The molecule has 0 aromatic heterocycles. The van der Waals surface area contributed by atoms with Crippen LogP contribution in [-0.2, 0) is 19.0 Å². The fourth-order valence-corrected chi connectivity index (χ4v) is 1.86. The summed E-state index contributed by atoms with van der Waals surface area (Å²) >= 11 is 0. The van der Waals surface area contributed by atoms with Gasteiger partial charge in [-0.05, 0) is 48.5 Å². The van der Waals surface area contributed by atoms with Crippen LogP contribution < -0.4 is 0 Å². The van der Waals surface area contributed by atoms with Gasteiger partial charge >= 0.3 is 12.1 Å². The molecule has 124 valence electrons. The summed E-state index contributed by atoms with van der Waals surface area (Å²) in [5.74, 6) is -0.542. The average Bonchev–Trinajstić information content (AvgIpc) is 2.23. The van der Waals surface area contributed by atoms with Crippen molar-refractivity contribution in [1.82, 2.24) is 4.90 Å². The van der Waals surface area contributed by atoms with Gasteiger partial charge in [-0.3, -0.25) is 4.90 Å². The summed E-state index contributed by atoms with van der Waals surface area (Å²) in [4.78, 5) is 25.3. The Morgan fingerprint density at radius 2 is 1.48 bits per heavy atom. The van der Waals surface area contributed by atoms with Crippen LogP contribution in [0.5, 0.6) is 0 Å². The van der Waals surface area contributed by atoms with Gasteiger partial charge in [-0.25, -0.2) is 9.59 Å². The molecule has 6 heteroatoms. The third kappa shape index (κ3) is 7.32. The third-order valence-corrected chi connectivity index (χ3v) is 2.53. The summed E-state index contributed by atoms with van der Waals surface area (Å²) in [6.07, 6.45) is -1.13. The molecule has 0 aromatic rings. The van der Waals surface area contributed by atoms with Crippen LogP contribution in [0.2, 0.25) is 0 Å². The Labute approximate surface area is 127 Å². The minimum absolute atomic E-state index is 0.444. The maximum atomic E-state index is 12.1. The zero-order valence-electron chi connectivity index (χ0n) is 14.6. The fourth-order valence-electron chi connectivity index (χ4n) is 1.86. The Morgan fingerprint density at radius 1 is 1.00 bits per heavy atom. The lowest BCUT2D eigenvalue weighted by molar-refractivity contribution is -0.157. The highest BCUT2D eigenvalue weighted by molar-refractivity contribution is 5.82. The Morgan fingerprint density at radius 3 is 1.81 bits per heavy atom. The van der Waals surface area contributed by atoms with E-state index in [-0.39, 0.29) is 0 Å². The second-order valence-electron chi connectivity index (χ2n) is 6.99. The van der Waals surface area contributed by atoms with E-state index in [1.165, 1.54) is 19.1 Å². The van der Waals surface area contributed by atoms with E-state index in [1.807, 2.05) is 20.8 Å². The summed E-state index contributed by atoms with van der Waals surface area (Å²) in [5, 5.41) is 0. The molecule has 1 amide bonds. The molecule has 0 radical (unpaired) electrons. The second-order valence-corrected chi connectivity index (χ2v) is 6.99. The molecule has 0 unspecified atom stereocenters. The van der Waals surface area contributed by atoms with Gasteiger partial charge < -0.3 is 14.2 Å².